The van der Waals surface area contributed by atoms with Gasteiger partial charge in [0.15, 0.2) is 0 Å². The highest BCUT2D eigenvalue weighted by atomic mass is 35.5. The number of hydrogen-bond acceptors (Lipinski definition) is 2. The van der Waals surface area contributed by atoms with Gasteiger partial charge in [-0.3, -0.25) is 0 Å². The van der Waals surface area contributed by atoms with E-state index >= 15 is 0 Å². The third kappa shape index (κ3) is 4.29. The summed E-state index contributed by atoms with van der Waals surface area (Å²) in [6.45, 7) is -1.04. The van der Waals surface area contributed by atoms with Gasteiger partial charge >= 0.3 is 6.61 Å². The number of halogens is 4. The minimum Gasteiger partial charge on any atom is -0.434 e. The molecule has 0 spiro atoms. The first kappa shape index (κ1) is 15.5. The molecule has 6 heteroatoms. The van der Waals surface area contributed by atoms with E-state index in [0.29, 0.717) is 10.6 Å². The Morgan fingerprint density at radius 3 is 2.62 bits per heavy atom. The first-order valence-electron chi connectivity index (χ1n) is 6.19. The second-order valence-corrected chi connectivity index (χ2v) is 4.90. The van der Waals surface area contributed by atoms with Crippen molar-refractivity contribution in [3.05, 3.63) is 58.4 Å². The molecule has 0 saturated carbocycles. The summed E-state index contributed by atoms with van der Waals surface area (Å²) in [5.74, 6) is -0.400. The SMILES string of the molecule is Cc1ccc(NCc2cc(Cl)ccc2OC(F)F)c(F)c1. The lowest BCUT2D eigenvalue weighted by Gasteiger charge is -2.13. The summed E-state index contributed by atoms with van der Waals surface area (Å²) in [4.78, 5) is 0. The van der Waals surface area contributed by atoms with Crippen molar-refractivity contribution in [1.82, 2.24) is 0 Å². The van der Waals surface area contributed by atoms with Gasteiger partial charge < -0.3 is 10.1 Å². The van der Waals surface area contributed by atoms with Gasteiger partial charge in [-0.25, -0.2) is 4.39 Å². The zero-order valence-electron chi connectivity index (χ0n) is 11.2. The molecule has 0 radical (unpaired) electrons. The summed E-state index contributed by atoms with van der Waals surface area (Å²) >= 11 is 5.84. The number of alkyl halides is 2. The Labute approximate surface area is 125 Å². The molecule has 2 aromatic rings. The second-order valence-electron chi connectivity index (χ2n) is 4.47. The molecule has 0 aliphatic rings. The summed E-state index contributed by atoms with van der Waals surface area (Å²) in [5, 5.41) is 3.23. The summed E-state index contributed by atoms with van der Waals surface area (Å²) < 4.78 is 42.8. The van der Waals surface area contributed by atoms with Gasteiger partial charge in [-0.2, -0.15) is 8.78 Å². The van der Waals surface area contributed by atoms with Gasteiger partial charge in [0.2, 0.25) is 0 Å². The Morgan fingerprint density at radius 2 is 1.95 bits per heavy atom. The van der Waals surface area contributed by atoms with E-state index in [1.807, 2.05) is 0 Å². The van der Waals surface area contributed by atoms with Crippen LogP contribution in [0.4, 0.5) is 18.9 Å². The van der Waals surface area contributed by atoms with E-state index in [0.717, 1.165) is 5.56 Å². The van der Waals surface area contributed by atoms with Gasteiger partial charge in [0.25, 0.3) is 0 Å². The standard InChI is InChI=1S/C15H13ClF3NO/c1-9-2-4-13(12(17)6-9)20-8-10-7-11(16)3-5-14(10)21-15(18)19/h2-7,15,20H,8H2,1H3. The Balaban J connectivity index is 2.16. The fourth-order valence-electron chi connectivity index (χ4n) is 1.85. The molecule has 112 valence electrons. The van der Waals surface area contributed by atoms with Crippen LogP contribution in [-0.2, 0) is 6.54 Å². The minimum atomic E-state index is -2.93. The molecule has 1 N–H and O–H groups in total. The summed E-state index contributed by atoms with van der Waals surface area (Å²) in [6.07, 6.45) is 0. The Kier molecular flexibility index (Phi) is 4.96. The number of rotatable bonds is 5. The van der Waals surface area contributed by atoms with Gasteiger partial charge in [0, 0.05) is 17.1 Å². The van der Waals surface area contributed by atoms with E-state index in [9.17, 15) is 13.2 Å². The predicted octanol–water partition coefficient (Wildman–Crippen LogP) is 5.00. The van der Waals surface area contributed by atoms with Crippen LogP contribution in [0, 0.1) is 12.7 Å². The first-order valence-corrected chi connectivity index (χ1v) is 6.57. The van der Waals surface area contributed by atoms with Crippen LogP contribution in [0.15, 0.2) is 36.4 Å². The fourth-order valence-corrected chi connectivity index (χ4v) is 2.05. The number of hydrogen-bond donors (Lipinski definition) is 1. The molecule has 2 rings (SSSR count). The molecule has 0 aliphatic carbocycles. The molecule has 0 unspecified atom stereocenters. The Bertz CT molecular complexity index is 634. The molecule has 0 aromatic heterocycles. The third-order valence-corrected chi connectivity index (χ3v) is 3.07. The normalized spacial score (nSPS) is 10.8. The zero-order chi connectivity index (χ0) is 15.4. The van der Waals surface area contributed by atoms with E-state index < -0.39 is 12.4 Å². The van der Waals surface area contributed by atoms with E-state index in [2.05, 4.69) is 10.1 Å². The van der Waals surface area contributed by atoms with Gasteiger partial charge in [-0.15, -0.1) is 0 Å². The molecular formula is C15H13ClF3NO. The highest BCUT2D eigenvalue weighted by molar-refractivity contribution is 6.30. The van der Waals surface area contributed by atoms with Gasteiger partial charge in [0.05, 0.1) is 5.69 Å². The van der Waals surface area contributed by atoms with Gasteiger partial charge in [-0.05, 0) is 42.8 Å². The van der Waals surface area contributed by atoms with Crippen LogP contribution in [0.2, 0.25) is 5.02 Å². The molecule has 0 bridgehead atoms. The van der Waals surface area contributed by atoms with Crippen LogP contribution in [-0.4, -0.2) is 6.61 Å². The fraction of sp³-hybridized carbons (Fsp3) is 0.200. The van der Waals surface area contributed by atoms with E-state index in [1.165, 1.54) is 24.3 Å². The van der Waals surface area contributed by atoms with Crippen LogP contribution in [0.25, 0.3) is 0 Å². The molecule has 0 aliphatic heterocycles. The lowest BCUT2D eigenvalue weighted by Crippen LogP contribution is -2.08. The Hall–Kier alpha value is -1.88. The van der Waals surface area contributed by atoms with E-state index in [-0.39, 0.29) is 18.0 Å². The molecule has 21 heavy (non-hydrogen) atoms. The highest BCUT2D eigenvalue weighted by Crippen LogP contribution is 2.26. The van der Waals surface area contributed by atoms with Crippen molar-refractivity contribution in [3.63, 3.8) is 0 Å². The average Bonchev–Trinajstić information content (AvgIpc) is 2.40. The second kappa shape index (κ2) is 6.72. The van der Waals surface area contributed by atoms with E-state index in [1.54, 1.807) is 19.1 Å². The quantitative estimate of drug-likeness (QED) is 0.838. The number of anilines is 1. The van der Waals surface area contributed by atoms with Gasteiger partial charge in [-0.1, -0.05) is 17.7 Å². The molecule has 0 atom stereocenters. The molecular weight excluding hydrogens is 303 g/mol. The van der Waals surface area contributed by atoms with Crippen LogP contribution in [0.5, 0.6) is 5.75 Å². The van der Waals surface area contributed by atoms with Crippen molar-refractivity contribution in [2.75, 3.05) is 5.32 Å². The number of aryl methyl sites for hydroxylation is 1. The summed E-state index contributed by atoms with van der Waals surface area (Å²) in [6, 6.07) is 9.03. The molecule has 0 amide bonds. The third-order valence-electron chi connectivity index (χ3n) is 2.83. The summed E-state index contributed by atoms with van der Waals surface area (Å²) in [5.41, 5.74) is 1.49. The first-order chi connectivity index (χ1) is 9.95. The maximum atomic E-state index is 13.7. The molecule has 0 heterocycles. The molecule has 2 nitrogen and oxygen atoms in total. The van der Waals surface area contributed by atoms with Gasteiger partial charge in [0.1, 0.15) is 11.6 Å². The molecule has 2 aromatic carbocycles. The number of nitrogens with one attached hydrogen (secondary N) is 1. The van der Waals surface area contributed by atoms with Crippen molar-refractivity contribution < 1.29 is 17.9 Å². The lowest BCUT2D eigenvalue weighted by molar-refractivity contribution is -0.0504. The predicted molar refractivity (Wildman–Crippen MR) is 76.5 cm³/mol. The minimum absolute atomic E-state index is 0.00872. The lowest BCUT2D eigenvalue weighted by atomic mass is 10.1. The topological polar surface area (TPSA) is 21.3 Å². The maximum Gasteiger partial charge on any atom is 0.387 e. The van der Waals surface area contributed by atoms with Crippen LogP contribution >= 0.6 is 11.6 Å². The maximum absolute atomic E-state index is 13.7. The van der Waals surface area contributed by atoms with Crippen LogP contribution in [0.3, 0.4) is 0 Å². The van der Waals surface area contributed by atoms with Crippen molar-refractivity contribution >= 4 is 17.3 Å². The molecule has 0 fully saturated rings. The monoisotopic (exact) mass is 315 g/mol. The highest BCUT2D eigenvalue weighted by Gasteiger charge is 2.11. The average molecular weight is 316 g/mol. The molecule has 0 saturated heterocycles. The van der Waals surface area contributed by atoms with Crippen molar-refractivity contribution in [1.29, 1.82) is 0 Å². The largest absolute Gasteiger partial charge is 0.434 e. The van der Waals surface area contributed by atoms with Crippen molar-refractivity contribution in [3.8, 4) is 5.75 Å². The van der Waals surface area contributed by atoms with Crippen molar-refractivity contribution in [2.45, 2.75) is 20.1 Å². The Morgan fingerprint density at radius 1 is 1.19 bits per heavy atom. The summed E-state index contributed by atoms with van der Waals surface area (Å²) in [7, 11) is 0. The number of ether oxygens (including phenoxy) is 1. The van der Waals surface area contributed by atoms with Crippen molar-refractivity contribution in [2.24, 2.45) is 0 Å². The number of benzene rings is 2. The van der Waals surface area contributed by atoms with Crippen LogP contribution in [0.1, 0.15) is 11.1 Å². The van der Waals surface area contributed by atoms with E-state index in [4.69, 9.17) is 11.6 Å². The smallest absolute Gasteiger partial charge is 0.387 e. The zero-order valence-corrected chi connectivity index (χ0v) is 11.9. The van der Waals surface area contributed by atoms with Crippen LogP contribution < -0.4 is 10.1 Å².